The molecule has 92 valence electrons. The van der Waals surface area contributed by atoms with Crippen molar-refractivity contribution in [2.24, 2.45) is 5.73 Å². The number of ether oxygens (including phenoxy) is 1. The summed E-state index contributed by atoms with van der Waals surface area (Å²) in [6, 6.07) is 7.55. The molecule has 1 heterocycles. The average Bonchev–Trinajstić information content (AvgIpc) is 2.75. The highest BCUT2D eigenvalue weighted by Gasteiger charge is 2.12. The highest BCUT2D eigenvalue weighted by atomic mass is 35.5. The van der Waals surface area contributed by atoms with Crippen LogP contribution < -0.4 is 5.73 Å². The van der Waals surface area contributed by atoms with Crippen molar-refractivity contribution in [1.29, 1.82) is 0 Å². The van der Waals surface area contributed by atoms with E-state index in [4.69, 9.17) is 5.73 Å². The Morgan fingerprint density at radius 2 is 2.24 bits per heavy atom. The van der Waals surface area contributed by atoms with Gasteiger partial charge in [-0.05, 0) is 23.1 Å². The van der Waals surface area contributed by atoms with E-state index in [9.17, 15) is 4.79 Å². The molecule has 0 saturated heterocycles. The summed E-state index contributed by atoms with van der Waals surface area (Å²) in [5.41, 5.74) is 7.87. The van der Waals surface area contributed by atoms with Gasteiger partial charge in [-0.3, -0.25) is 4.79 Å². The number of nitrogens with two attached hydrogens (primary N) is 1. The van der Waals surface area contributed by atoms with Gasteiger partial charge < -0.3 is 15.5 Å². The molecule has 1 atom stereocenters. The van der Waals surface area contributed by atoms with Crippen molar-refractivity contribution in [2.75, 3.05) is 7.11 Å². The second kappa shape index (κ2) is 5.70. The molecule has 3 N–H and O–H groups in total. The number of carbonyl (C=O) groups is 1. The van der Waals surface area contributed by atoms with Crippen LogP contribution in [0.1, 0.15) is 18.0 Å². The zero-order valence-electron chi connectivity index (χ0n) is 9.47. The fourth-order valence-electron chi connectivity index (χ4n) is 1.68. The van der Waals surface area contributed by atoms with Gasteiger partial charge in [-0.15, -0.1) is 12.4 Å². The molecule has 0 fully saturated rings. The van der Waals surface area contributed by atoms with Crippen LogP contribution >= 0.6 is 12.4 Å². The molecule has 0 radical (unpaired) electrons. The lowest BCUT2D eigenvalue weighted by Crippen LogP contribution is -2.16. The van der Waals surface area contributed by atoms with Gasteiger partial charge in [-0.25, -0.2) is 0 Å². The van der Waals surface area contributed by atoms with Crippen LogP contribution in [-0.2, 0) is 9.53 Å². The van der Waals surface area contributed by atoms with E-state index in [1.54, 1.807) is 0 Å². The Bertz CT molecular complexity index is 510. The van der Waals surface area contributed by atoms with Crippen LogP contribution in [0.4, 0.5) is 0 Å². The number of halogens is 1. The Morgan fingerprint density at radius 1 is 1.47 bits per heavy atom. The van der Waals surface area contributed by atoms with Gasteiger partial charge in [0.2, 0.25) is 0 Å². The number of hydrogen-bond acceptors (Lipinski definition) is 3. The van der Waals surface area contributed by atoms with E-state index in [0.29, 0.717) is 0 Å². The number of benzene rings is 1. The minimum Gasteiger partial charge on any atom is -0.469 e. The van der Waals surface area contributed by atoms with E-state index < -0.39 is 0 Å². The van der Waals surface area contributed by atoms with Gasteiger partial charge >= 0.3 is 5.97 Å². The second-order valence-corrected chi connectivity index (χ2v) is 3.71. The maximum atomic E-state index is 11.1. The third-order valence-electron chi connectivity index (χ3n) is 2.62. The van der Waals surface area contributed by atoms with Gasteiger partial charge in [0, 0.05) is 17.8 Å². The second-order valence-electron chi connectivity index (χ2n) is 3.71. The van der Waals surface area contributed by atoms with Gasteiger partial charge in [0.1, 0.15) is 0 Å². The summed E-state index contributed by atoms with van der Waals surface area (Å²) in [6.45, 7) is 0. The van der Waals surface area contributed by atoms with Crippen molar-refractivity contribution >= 4 is 29.3 Å². The molecule has 0 spiro atoms. The summed E-state index contributed by atoms with van der Waals surface area (Å²) < 4.78 is 4.59. The summed E-state index contributed by atoms with van der Waals surface area (Å²) in [6.07, 6.45) is 2.07. The largest absolute Gasteiger partial charge is 0.469 e. The minimum atomic E-state index is -0.319. The average molecular weight is 255 g/mol. The Kier molecular flexibility index (Phi) is 4.54. The smallest absolute Gasteiger partial charge is 0.307 e. The van der Waals surface area contributed by atoms with E-state index >= 15 is 0 Å². The molecule has 2 aromatic rings. The molecule has 1 aromatic carbocycles. The number of hydrogen-bond donors (Lipinski definition) is 2. The zero-order valence-corrected chi connectivity index (χ0v) is 10.3. The number of rotatable bonds is 3. The molecule has 0 bridgehead atoms. The number of esters is 1. The van der Waals surface area contributed by atoms with E-state index in [0.717, 1.165) is 16.5 Å². The Balaban J connectivity index is 0.00000144. The molecule has 0 aliphatic carbocycles. The van der Waals surface area contributed by atoms with E-state index in [1.807, 2.05) is 30.5 Å². The predicted molar refractivity (Wildman–Crippen MR) is 69.1 cm³/mol. The molecule has 2 rings (SSSR count). The Hall–Kier alpha value is -1.52. The lowest BCUT2D eigenvalue weighted by molar-refractivity contribution is -0.141. The number of fused-ring (bicyclic) bond motifs is 1. The fourth-order valence-corrected chi connectivity index (χ4v) is 1.68. The highest BCUT2D eigenvalue weighted by Crippen LogP contribution is 2.20. The number of H-pyrrole nitrogens is 1. The lowest BCUT2D eigenvalue weighted by atomic mass is 10.0. The maximum absolute atomic E-state index is 11.1. The van der Waals surface area contributed by atoms with Crippen LogP contribution in [0.25, 0.3) is 10.9 Å². The summed E-state index contributed by atoms with van der Waals surface area (Å²) in [5.74, 6) is -0.293. The van der Waals surface area contributed by atoms with Gasteiger partial charge in [0.15, 0.2) is 0 Å². The summed E-state index contributed by atoms with van der Waals surface area (Å²) in [4.78, 5) is 14.2. The molecule has 4 nitrogen and oxygen atoms in total. The Morgan fingerprint density at radius 3 is 2.94 bits per heavy atom. The van der Waals surface area contributed by atoms with Gasteiger partial charge in [-0.2, -0.15) is 0 Å². The molecule has 1 aromatic heterocycles. The number of methoxy groups -OCH3 is 1. The minimum absolute atomic E-state index is 0. The number of carbonyl (C=O) groups excluding carboxylic acids is 1. The SMILES string of the molecule is COC(=O)C[C@H](N)c1ccc2cc[nH]c2c1.Cl. The van der Waals surface area contributed by atoms with Crippen LogP contribution in [-0.4, -0.2) is 18.1 Å². The monoisotopic (exact) mass is 254 g/mol. The van der Waals surface area contributed by atoms with E-state index in [1.165, 1.54) is 7.11 Å². The van der Waals surface area contributed by atoms with Gasteiger partial charge in [0.05, 0.1) is 13.5 Å². The first-order chi connectivity index (χ1) is 7.70. The predicted octanol–water partition coefficient (Wildman–Crippen LogP) is 2.15. The van der Waals surface area contributed by atoms with Crippen molar-refractivity contribution < 1.29 is 9.53 Å². The molecule has 0 aliphatic rings. The van der Waals surface area contributed by atoms with Crippen molar-refractivity contribution in [1.82, 2.24) is 4.98 Å². The van der Waals surface area contributed by atoms with Crippen molar-refractivity contribution in [3.63, 3.8) is 0 Å². The standard InChI is InChI=1S/C12H14N2O2.ClH/c1-16-12(15)7-10(13)9-3-2-8-4-5-14-11(8)6-9;/h2-6,10,14H,7,13H2,1H3;1H/t10-;/m0./s1. The maximum Gasteiger partial charge on any atom is 0.307 e. The molecule has 0 amide bonds. The third-order valence-corrected chi connectivity index (χ3v) is 2.62. The van der Waals surface area contributed by atoms with Crippen molar-refractivity contribution in [3.8, 4) is 0 Å². The van der Waals surface area contributed by atoms with E-state index in [-0.39, 0.29) is 30.8 Å². The summed E-state index contributed by atoms with van der Waals surface area (Å²) in [7, 11) is 1.36. The van der Waals surface area contributed by atoms with Crippen LogP contribution in [0.2, 0.25) is 0 Å². The van der Waals surface area contributed by atoms with Crippen molar-refractivity contribution in [2.45, 2.75) is 12.5 Å². The zero-order chi connectivity index (χ0) is 11.5. The lowest BCUT2D eigenvalue weighted by Gasteiger charge is -2.10. The molecule has 0 aliphatic heterocycles. The van der Waals surface area contributed by atoms with Crippen LogP contribution in [0.3, 0.4) is 0 Å². The number of aromatic nitrogens is 1. The molecule has 5 heteroatoms. The van der Waals surface area contributed by atoms with Crippen molar-refractivity contribution in [3.05, 3.63) is 36.0 Å². The Labute approximate surface area is 106 Å². The quantitative estimate of drug-likeness (QED) is 0.825. The van der Waals surface area contributed by atoms with Crippen LogP contribution in [0.5, 0.6) is 0 Å². The fraction of sp³-hybridized carbons (Fsp3) is 0.250. The third kappa shape index (κ3) is 2.99. The number of aromatic amines is 1. The first kappa shape index (κ1) is 13.5. The first-order valence-electron chi connectivity index (χ1n) is 5.10. The normalized spacial score (nSPS) is 11.9. The van der Waals surface area contributed by atoms with Gasteiger partial charge in [0.25, 0.3) is 0 Å². The molecule has 0 unspecified atom stereocenters. The molecule has 0 saturated carbocycles. The van der Waals surface area contributed by atoms with Crippen LogP contribution in [0, 0.1) is 0 Å². The first-order valence-corrected chi connectivity index (χ1v) is 5.10. The summed E-state index contributed by atoms with van der Waals surface area (Å²) in [5, 5.41) is 1.13. The molecular weight excluding hydrogens is 240 g/mol. The topological polar surface area (TPSA) is 68.1 Å². The van der Waals surface area contributed by atoms with Crippen LogP contribution in [0.15, 0.2) is 30.5 Å². The molecule has 17 heavy (non-hydrogen) atoms. The summed E-state index contributed by atoms with van der Waals surface area (Å²) >= 11 is 0. The van der Waals surface area contributed by atoms with Gasteiger partial charge in [-0.1, -0.05) is 12.1 Å². The van der Waals surface area contributed by atoms with E-state index in [2.05, 4.69) is 9.72 Å². The highest BCUT2D eigenvalue weighted by molar-refractivity contribution is 5.85. The molecular formula is C12H15ClN2O2. The number of nitrogens with one attached hydrogen (secondary N) is 1.